The second kappa shape index (κ2) is 27.1. The van der Waals surface area contributed by atoms with Gasteiger partial charge < -0.3 is 71.4 Å². The number of aromatic amines is 2. The van der Waals surface area contributed by atoms with Gasteiger partial charge in [0.25, 0.3) is 11.8 Å². The molecule has 3 aliphatic rings. The Labute approximate surface area is 437 Å². The number of ether oxygens (including phenoxy) is 6. The number of hydrogen-bond acceptors (Lipinski definition) is 17. The van der Waals surface area contributed by atoms with E-state index in [4.69, 9.17) is 28.4 Å². The van der Waals surface area contributed by atoms with Crippen LogP contribution in [0.2, 0.25) is 0 Å². The molecular weight excluding hydrogens is 991 g/mol. The number of rotatable bonds is 27. The second-order valence-electron chi connectivity index (χ2n) is 18.4. The number of aliphatic hydroxyl groups is 3. The van der Waals surface area contributed by atoms with Crippen molar-refractivity contribution in [2.45, 2.75) is 69.4 Å². The number of carboxylic acids is 1. The van der Waals surface area contributed by atoms with Gasteiger partial charge in [0.05, 0.1) is 70.5 Å². The number of aromatic nitrogens is 5. The van der Waals surface area contributed by atoms with Crippen molar-refractivity contribution in [3.8, 4) is 34.1 Å². The molecule has 8 rings (SSSR count). The highest BCUT2D eigenvalue weighted by Gasteiger charge is 2.48. The Kier molecular flexibility index (Phi) is 20.1. The van der Waals surface area contributed by atoms with E-state index < -0.39 is 42.6 Å². The zero-order valence-corrected chi connectivity index (χ0v) is 42.1. The highest BCUT2D eigenvalue weighted by atomic mass is 16.7. The fourth-order valence-corrected chi connectivity index (χ4v) is 9.13. The second-order valence-corrected chi connectivity index (χ2v) is 18.4. The predicted octanol–water partition coefficient (Wildman–Crippen LogP) is 2.13. The van der Waals surface area contributed by atoms with Crippen molar-refractivity contribution in [2.75, 3.05) is 84.3 Å². The number of aliphatic hydroxyl groups excluding tert-OH is 3. The summed E-state index contributed by atoms with van der Waals surface area (Å²) in [6, 6.07) is 18.8. The van der Waals surface area contributed by atoms with Crippen LogP contribution in [0.5, 0.6) is 11.5 Å². The summed E-state index contributed by atoms with van der Waals surface area (Å²) in [7, 11) is 0. The van der Waals surface area contributed by atoms with Crippen LogP contribution < -0.4 is 20.1 Å². The normalized spacial score (nSPS) is 20.1. The van der Waals surface area contributed by atoms with Crippen molar-refractivity contribution in [3.63, 3.8) is 0 Å². The number of carbonyl (C=O) groups excluding carboxylic acids is 4. The Morgan fingerprint density at radius 1 is 0.789 bits per heavy atom. The molecular formula is C52H65N9O15. The highest BCUT2D eigenvalue weighted by molar-refractivity contribution is 6.12. The smallest absolute Gasteiger partial charge is 0.335 e. The molecule has 0 bridgehead atoms. The lowest BCUT2D eigenvalue weighted by atomic mass is 9.99. The van der Waals surface area contributed by atoms with E-state index in [9.17, 15) is 44.4 Å². The molecule has 408 valence electrons. The first-order valence-electron chi connectivity index (χ1n) is 24.8. The molecule has 2 aromatic heterocycles. The average Bonchev–Trinajstić information content (AvgIpc) is 4.17. The number of quaternary nitrogens is 1. The Morgan fingerprint density at radius 3 is 2.28 bits per heavy atom. The monoisotopic (exact) mass is 1060 g/mol. The number of H-pyrrole nitrogens is 2. The third-order valence-electron chi connectivity index (χ3n) is 13.1. The minimum atomic E-state index is -1.93. The van der Waals surface area contributed by atoms with Crippen LogP contribution in [0.15, 0.2) is 79.1 Å². The minimum absolute atomic E-state index is 0. The number of carbonyl (C=O) groups is 5. The molecule has 4 amide bonds. The summed E-state index contributed by atoms with van der Waals surface area (Å²) in [5.41, 5.74) is 4.39. The molecule has 0 radical (unpaired) electrons. The molecule has 24 nitrogen and oxygen atoms in total. The van der Waals surface area contributed by atoms with Gasteiger partial charge in [-0.1, -0.05) is 12.1 Å². The van der Waals surface area contributed by atoms with Gasteiger partial charge in [0.2, 0.25) is 18.1 Å². The van der Waals surface area contributed by atoms with E-state index in [1.807, 2.05) is 42.5 Å². The summed E-state index contributed by atoms with van der Waals surface area (Å²) in [6.45, 7) is 4.81. The maximum absolute atomic E-state index is 13.5. The van der Waals surface area contributed by atoms with Gasteiger partial charge >= 0.3 is 5.97 Å². The zero-order valence-electron chi connectivity index (χ0n) is 42.1. The maximum atomic E-state index is 13.5. The van der Waals surface area contributed by atoms with E-state index in [0.29, 0.717) is 35.8 Å². The number of amides is 4. The number of imide groups is 1. The van der Waals surface area contributed by atoms with Gasteiger partial charge in [0.15, 0.2) is 11.9 Å². The summed E-state index contributed by atoms with van der Waals surface area (Å²) >= 11 is 0. The van der Waals surface area contributed by atoms with Crippen molar-refractivity contribution < 1.29 is 77.3 Å². The number of piperidine rings is 1. The number of benzene rings is 3. The van der Waals surface area contributed by atoms with Crippen molar-refractivity contribution in [1.29, 1.82) is 0 Å². The van der Waals surface area contributed by atoms with Gasteiger partial charge in [-0.05, 0) is 67.8 Å². The van der Waals surface area contributed by atoms with Gasteiger partial charge in [0.1, 0.15) is 61.5 Å². The molecule has 5 atom stereocenters. The molecule has 0 saturated carbocycles. The van der Waals surface area contributed by atoms with Crippen molar-refractivity contribution in [3.05, 3.63) is 92.1 Å². The zero-order chi connectivity index (χ0) is 52.7. The third kappa shape index (κ3) is 14.8. The number of nitrogens with one attached hydrogen (secondary N) is 4. The quantitative estimate of drug-likeness (QED) is 0.0162. The fourth-order valence-electron chi connectivity index (χ4n) is 9.13. The number of hydrogen-bond donors (Lipinski definition) is 8. The summed E-state index contributed by atoms with van der Waals surface area (Å²) in [5, 5.41) is 62.2. The number of anilines is 1. The van der Waals surface area contributed by atoms with Crippen molar-refractivity contribution in [2.24, 2.45) is 0 Å². The van der Waals surface area contributed by atoms with Crippen LogP contribution in [0, 0.1) is 7.43 Å². The van der Waals surface area contributed by atoms with E-state index >= 15 is 0 Å². The van der Waals surface area contributed by atoms with Gasteiger partial charge in [-0.2, -0.15) is 10.2 Å². The molecule has 2 fully saturated rings. The van der Waals surface area contributed by atoms with Crippen molar-refractivity contribution >= 4 is 46.2 Å². The van der Waals surface area contributed by atoms with Crippen LogP contribution in [0.4, 0.5) is 5.69 Å². The predicted molar refractivity (Wildman–Crippen MR) is 272 cm³/mol. The van der Waals surface area contributed by atoms with E-state index in [1.54, 1.807) is 18.2 Å². The Morgan fingerprint density at radius 2 is 1.54 bits per heavy atom. The largest absolute Gasteiger partial charge is 0.488 e. The van der Waals surface area contributed by atoms with Crippen LogP contribution in [0.1, 0.15) is 37.7 Å². The molecule has 24 heteroatoms. The molecule has 3 aromatic carbocycles. The van der Waals surface area contributed by atoms with E-state index in [-0.39, 0.29) is 102 Å². The molecule has 2 saturated heterocycles. The van der Waals surface area contributed by atoms with Crippen LogP contribution >= 0.6 is 0 Å². The average molecular weight is 1060 g/mol. The Balaban J connectivity index is 0.00000840. The van der Waals surface area contributed by atoms with E-state index in [2.05, 4.69) is 36.0 Å². The van der Waals surface area contributed by atoms with Gasteiger partial charge in [-0.3, -0.25) is 34.3 Å². The lowest BCUT2D eigenvalue weighted by Gasteiger charge is -2.41. The molecule has 5 aromatic rings. The Hall–Kier alpha value is -7.16. The summed E-state index contributed by atoms with van der Waals surface area (Å²) in [6.07, 6.45) is -2.47. The van der Waals surface area contributed by atoms with Crippen LogP contribution in [0.25, 0.3) is 33.5 Å². The molecule has 5 heterocycles. The van der Waals surface area contributed by atoms with Crippen LogP contribution in [-0.2, 0) is 49.5 Å². The van der Waals surface area contributed by atoms with E-state index in [0.717, 1.165) is 70.5 Å². The number of carboxylic acid groups (broad SMARTS) is 1. The third-order valence-corrected chi connectivity index (χ3v) is 13.1. The number of likely N-dealkylation sites (tertiary alicyclic amines) is 1. The lowest BCUT2D eigenvalue weighted by molar-refractivity contribution is -0.945. The number of nitrogens with zero attached hydrogens (tertiary/aromatic N) is 5. The number of fused-ring (bicyclic) bond motifs is 1. The SMILES string of the molecule is O=C(CCOCCOCCOCCN1C(=O)C=CC1=O)NCCC(=O)Nc1cc(C[N+]2(CCOc3cccc(-c4n[nH]c5ccc(-c6ncn[nH]6)cc45)c3)CCCCC2)ccc1O[C@@H]1O[C@H](C(=O)O)[C@@H](O)[C@H](O)[C@H]1O.[CH3-]. The van der Waals surface area contributed by atoms with Gasteiger partial charge in [0, 0.05) is 53.6 Å². The minimum Gasteiger partial charge on any atom is -0.488 e. The fraction of sp³-hybridized carbons (Fsp3) is 0.442. The summed E-state index contributed by atoms with van der Waals surface area (Å²) in [4.78, 5) is 66.4. The molecule has 0 unspecified atom stereocenters. The summed E-state index contributed by atoms with van der Waals surface area (Å²) in [5.74, 6) is -1.82. The van der Waals surface area contributed by atoms with Crippen LogP contribution in [0.3, 0.4) is 0 Å². The summed E-state index contributed by atoms with van der Waals surface area (Å²) < 4.78 is 34.8. The first kappa shape index (κ1) is 56.6. The van der Waals surface area contributed by atoms with Crippen LogP contribution in [-0.4, -0.2) is 194 Å². The Bertz CT molecular complexity index is 2760. The molecule has 0 aliphatic carbocycles. The highest BCUT2D eigenvalue weighted by Crippen LogP contribution is 2.34. The van der Waals surface area contributed by atoms with Gasteiger partial charge in [-0.25, -0.2) is 9.78 Å². The molecule has 3 aliphatic heterocycles. The van der Waals surface area contributed by atoms with Gasteiger partial charge in [-0.15, -0.1) is 0 Å². The standard InChI is InChI=1S/C51H61N9O15.CH3/c61-40(14-20-70-23-25-72-26-24-71-21-16-59-42(63)11-12-43(59)64)52-15-13-41(62)55-38-27-32(7-10-39(38)74-51-47(67)45(65)46(66)48(75-51)50(68)69)30-60(17-2-1-3-18-60)19-22-73-35-6-4-5-33(28-35)44-36-29-34(49-53-31-54-58-49)8-9-37(36)56-57-44;/h4-12,27-29,31,45-48,51,65-67H,1-3,13-26,30H2,(H4-,52,53,54,55,56,57,58,61,62,63,64,68,69);1H3/q;-1/p+1/t45-,46-,47+,48-,51+;/m0./s1. The van der Waals surface area contributed by atoms with Crippen molar-refractivity contribution in [1.82, 2.24) is 35.6 Å². The topological polar surface area (TPSA) is 319 Å². The maximum Gasteiger partial charge on any atom is 0.335 e. The number of aliphatic carboxylic acids is 1. The first-order chi connectivity index (χ1) is 36.4. The molecule has 0 spiro atoms. The first-order valence-corrected chi connectivity index (χ1v) is 24.8. The van der Waals surface area contributed by atoms with E-state index in [1.165, 1.54) is 18.5 Å². The molecule has 8 N–H and O–H groups in total. The molecule has 76 heavy (non-hydrogen) atoms. The lowest BCUT2D eigenvalue weighted by Crippen LogP contribution is -2.61.